The Morgan fingerprint density at radius 3 is 2.35 bits per heavy atom. The van der Waals surface area contributed by atoms with Crippen molar-refractivity contribution in [1.82, 2.24) is 0 Å². The molecule has 6 aromatic carbocycles. The van der Waals surface area contributed by atoms with E-state index < -0.39 is 0 Å². The molecular formula is C48H39N. The van der Waals surface area contributed by atoms with Crippen LogP contribution in [-0.4, -0.2) is 5.71 Å². The maximum atomic E-state index is 5.21. The van der Waals surface area contributed by atoms with Crippen molar-refractivity contribution in [3.8, 4) is 0 Å². The van der Waals surface area contributed by atoms with Gasteiger partial charge in [-0.25, -0.2) is 4.99 Å². The first-order valence-corrected chi connectivity index (χ1v) is 16.9. The molecule has 0 aromatic heterocycles. The van der Waals surface area contributed by atoms with Gasteiger partial charge in [0.25, 0.3) is 0 Å². The van der Waals surface area contributed by atoms with Crippen molar-refractivity contribution in [3.05, 3.63) is 202 Å². The van der Waals surface area contributed by atoms with E-state index in [2.05, 4.69) is 171 Å². The second-order valence-corrected chi connectivity index (χ2v) is 12.6. The molecular weight excluding hydrogens is 591 g/mol. The van der Waals surface area contributed by atoms with Gasteiger partial charge in [0.05, 0.1) is 0 Å². The Hall–Kier alpha value is -6.01. The van der Waals surface area contributed by atoms with Crippen LogP contribution >= 0.6 is 0 Å². The molecule has 0 amide bonds. The van der Waals surface area contributed by atoms with E-state index >= 15 is 0 Å². The predicted octanol–water partition coefficient (Wildman–Crippen LogP) is 11.0. The predicted molar refractivity (Wildman–Crippen MR) is 213 cm³/mol. The molecule has 0 N–H and O–H groups in total. The Morgan fingerprint density at radius 2 is 1.53 bits per heavy atom. The molecule has 0 saturated heterocycles. The van der Waals surface area contributed by atoms with Gasteiger partial charge in [-0.1, -0.05) is 165 Å². The van der Waals surface area contributed by atoms with E-state index in [1.54, 1.807) is 0 Å². The summed E-state index contributed by atoms with van der Waals surface area (Å²) in [5.74, 6) is 0.345. The molecule has 0 fully saturated rings. The van der Waals surface area contributed by atoms with Gasteiger partial charge in [-0.3, -0.25) is 0 Å². The van der Waals surface area contributed by atoms with Gasteiger partial charge in [-0.05, 0) is 85.3 Å². The molecule has 1 atom stereocenters. The lowest BCUT2D eigenvalue weighted by atomic mass is 9.82. The summed E-state index contributed by atoms with van der Waals surface area (Å²) >= 11 is 0. The summed E-state index contributed by atoms with van der Waals surface area (Å²) in [6.45, 7) is 10.4. The van der Waals surface area contributed by atoms with E-state index in [4.69, 9.17) is 4.99 Å². The van der Waals surface area contributed by atoms with Crippen LogP contribution in [-0.2, 0) is 0 Å². The van der Waals surface area contributed by atoms with Gasteiger partial charge in [-0.2, -0.15) is 0 Å². The summed E-state index contributed by atoms with van der Waals surface area (Å²) in [5, 5.41) is 7.10. The maximum absolute atomic E-state index is 5.21. The molecule has 6 aromatic rings. The number of hydrogen-bond acceptors (Lipinski definition) is 1. The zero-order valence-corrected chi connectivity index (χ0v) is 27.9. The third-order valence-corrected chi connectivity index (χ3v) is 9.42. The zero-order valence-electron chi connectivity index (χ0n) is 27.9. The molecule has 1 unspecified atom stereocenters. The topological polar surface area (TPSA) is 12.4 Å². The van der Waals surface area contributed by atoms with Crippen LogP contribution in [0.1, 0.15) is 53.5 Å². The number of nitrogens with zero attached hydrogens (tertiary/aromatic N) is 1. The van der Waals surface area contributed by atoms with E-state index in [0.717, 1.165) is 39.4 Å². The minimum atomic E-state index is 0.345. The van der Waals surface area contributed by atoms with Crippen LogP contribution in [0.2, 0.25) is 0 Å². The second kappa shape index (κ2) is 14.4. The molecule has 0 saturated carbocycles. The van der Waals surface area contributed by atoms with Gasteiger partial charge in [0, 0.05) is 23.6 Å². The van der Waals surface area contributed by atoms with Crippen LogP contribution in [0.4, 0.5) is 0 Å². The Morgan fingerprint density at radius 1 is 0.816 bits per heavy atom. The first-order chi connectivity index (χ1) is 24.1. The fraction of sp³-hybridized carbons (Fsp3) is 0.0833. The van der Waals surface area contributed by atoms with E-state index in [9.17, 15) is 0 Å². The highest BCUT2D eigenvalue weighted by Crippen LogP contribution is 2.36. The van der Waals surface area contributed by atoms with Crippen LogP contribution in [0.25, 0.3) is 51.5 Å². The monoisotopic (exact) mass is 629 g/mol. The fourth-order valence-electron chi connectivity index (χ4n) is 6.88. The summed E-state index contributed by atoms with van der Waals surface area (Å²) in [5.41, 5.74) is 12.2. The molecule has 0 radical (unpaired) electrons. The van der Waals surface area contributed by atoms with Gasteiger partial charge in [-0.15, -0.1) is 5.73 Å². The number of allylic oxidation sites excluding steroid dienone is 5. The molecule has 0 spiro atoms. The third-order valence-electron chi connectivity index (χ3n) is 9.42. The molecule has 236 valence electrons. The minimum Gasteiger partial charge on any atom is -0.244 e. The summed E-state index contributed by atoms with van der Waals surface area (Å²) in [6.07, 6.45) is 14.7. The standard InChI is InChI=1S/C48H39N/c1-4-48(39-30-28-38(29-31-39)43-27-15-21-37-19-8-11-23-42(37)43)49-41(22-10-7-18-36-17-6-5-16-34(36)2)32-35(3)47-33-40-20-9-12-24-44(40)45-25-13-14-26-46(45)47/h5-21,23-26,28-33,43H,1-2,22,27H2,3H3/b10-7-,35-32+,36-18-,49-41?. The van der Waals surface area contributed by atoms with Crippen molar-refractivity contribution in [2.24, 2.45) is 4.99 Å². The van der Waals surface area contributed by atoms with Crippen LogP contribution in [0.3, 0.4) is 0 Å². The van der Waals surface area contributed by atoms with Gasteiger partial charge in [0.2, 0.25) is 0 Å². The maximum Gasteiger partial charge on any atom is 0.112 e. The van der Waals surface area contributed by atoms with Crippen molar-refractivity contribution >= 4 is 57.3 Å². The minimum absolute atomic E-state index is 0.345. The van der Waals surface area contributed by atoms with Crippen molar-refractivity contribution < 1.29 is 0 Å². The smallest absolute Gasteiger partial charge is 0.112 e. The first kappa shape index (κ1) is 31.6. The summed E-state index contributed by atoms with van der Waals surface area (Å²) in [7, 11) is 0. The van der Waals surface area contributed by atoms with Gasteiger partial charge >= 0.3 is 0 Å². The zero-order chi connectivity index (χ0) is 33.6. The molecule has 0 aliphatic heterocycles. The Labute approximate surface area is 289 Å². The molecule has 1 heteroatoms. The quantitative estimate of drug-likeness (QED) is 0.0902. The molecule has 1 aliphatic carbocycles. The number of fused-ring (bicyclic) bond motifs is 4. The number of benzene rings is 6. The van der Waals surface area contributed by atoms with Crippen LogP contribution in [0, 0.1) is 0 Å². The van der Waals surface area contributed by atoms with Gasteiger partial charge in [0.1, 0.15) is 5.70 Å². The lowest BCUT2D eigenvalue weighted by molar-refractivity contribution is 0.819. The lowest BCUT2D eigenvalue weighted by Gasteiger charge is -2.22. The Bertz CT molecular complexity index is 2460. The highest BCUT2D eigenvalue weighted by molar-refractivity contribution is 6.13. The van der Waals surface area contributed by atoms with Crippen molar-refractivity contribution in [2.45, 2.75) is 25.7 Å². The van der Waals surface area contributed by atoms with Crippen molar-refractivity contribution in [2.75, 3.05) is 0 Å². The van der Waals surface area contributed by atoms with Crippen molar-refractivity contribution in [1.29, 1.82) is 0 Å². The molecule has 0 heterocycles. The van der Waals surface area contributed by atoms with E-state index in [0.29, 0.717) is 12.3 Å². The molecule has 1 nitrogen and oxygen atoms in total. The van der Waals surface area contributed by atoms with Crippen LogP contribution < -0.4 is 10.4 Å². The number of aliphatic imine (C=N–C) groups is 1. The molecule has 49 heavy (non-hydrogen) atoms. The Kier molecular flexibility index (Phi) is 9.28. The lowest BCUT2D eigenvalue weighted by Crippen LogP contribution is -2.21. The van der Waals surface area contributed by atoms with E-state index in [1.165, 1.54) is 43.8 Å². The number of rotatable bonds is 8. The summed E-state index contributed by atoms with van der Waals surface area (Å²) < 4.78 is 0. The second-order valence-electron chi connectivity index (χ2n) is 12.6. The van der Waals surface area contributed by atoms with Gasteiger partial charge in [0.15, 0.2) is 0 Å². The van der Waals surface area contributed by atoms with Crippen LogP contribution in [0.5, 0.6) is 0 Å². The SMILES string of the molecule is C=C=C(N=C(/C=C(\C)c1cc2ccccc2c2ccccc12)C/C=C\C=c1\ccccc1=C)c1ccc(C2CC=Cc3ccccc32)cc1. The molecule has 1 aliphatic rings. The first-order valence-electron chi connectivity index (χ1n) is 16.9. The van der Waals surface area contributed by atoms with Crippen molar-refractivity contribution in [3.63, 3.8) is 0 Å². The average molecular weight is 630 g/mol. The highest BCUT2D eigenvalue weighted by Gasteiger charge is 2.18. The Balaban J connectivity index is 1.26. The summed E-state index contributed by atoms with van der Waals surface area (Å²) in [6, 6.07) is 45.2. The normalized spacial score (nSPS) is 15.1. The highest BCUT2D eigenvalue weighted by atomic mass is 14.8. The van der Waals surface area contributed by atoms with Crippen LogP contribution in [0.15, 0.2) is 169 Å². The molecule has 0 bridgehead atoms. The van der Waals surface area contributed by atoms with E-state index in [-0.39, 0.29) is 0 Å². The number of hydrogen-bond donors (Lipinski definition) is 0. The molecule has 7 rings (SSSR count). The van der Waals surface area contributed by atoms with Gasteiger partial charge < -0.3 is 0 Å². The largest absolute Gasteiger partial charge is 0.244 e. The average Bonchev–Trinajstić information content (AvgIpc) is 3.15. The third kappa shape index (κ3) is 6.85. The summed E-state index contributed by atoms with van der Waals surface area (Å²) in [4.78, 5) is 5.21. The van der Waals surface area contributed by atoms with E-state index in [1.807, 2.05) is 18.2 Å². The fourth-order valence-corrected chi connectivity index (χ4v) is 6.88.